The molecule has 5 aromatic heterocycles. The Morgan fingerprint density at radius 1 is 1.17 bits per heavy atom. The van der Waals surface area contributed by atoms with Crippen LogP contribution in [0.3, 0.4) is 0 Å². The van der Waals surface area contributed by atoms with Crippen LogP contribution >= 0.6 is 11.3 Å². The summed E-state index contributed by atoms with van der Waals surface area (Å²) < 4.78 is 14.0. The van der Waals surface area contributed by atoms with E-state index in [4.69, 9.17) is 19.9 Å². The summed E-state index contributed by atoms with van der Waals surface area (Å²) in [6.45, 7) is 2.52. The van der Waals surface area contributed by atoms with Crippen LogP contribution in [0.25, 0.3) is 38.0 Å². The third kappa shape index (κ3) is 4.89. The number of benzene rings is 1. The topological polar surface area (TPSA) is 184 Å². The average molecular weight is 641 g/mol. The van der Waals surface area contributed by atoms with Crippen LogP contribution in [0.15, 0.2) is 51.4 Å². The molecule has 1 saturated heterocycles. The van der Waals surface area contributed by atoms with Gasteiger partial charge >= 0.3 is 0 Å². The lowest BCUT2D eigenvalue weighted by Crippen LogP contribution is -2.68. The zero-order valence-electron chi connectivity index (χ0n) is 25.1. The largest absolute Gasteiger partial charge is 0.439 e. The van der Waals surface area contributed by atoms with Crippen molar-refractivity contribution < 1.29 is 19.7 Å². The third-order valence-corrected chi connectivity index (χ3v) is 10.2. The van der Waals surface area contributed by atoms with Crippen molar-refractivity contribution in [1.82, 2.24) is 24.6 Å². The minimum absolute atomic E-state index is 0.0577. The number of H-pyrrole nitrogens is 1. The molecule has 0 radical (unpaired) electrons. The standard InChI is InChI=1S/C32H33N9O4S/c33-21-3-1-2-4-22(21)38-32-39-23(26(30(34)43)31-36-16-37-41(31)32)13-17-5-6-18(19-7-8-35-27(17)19)20-15-46-29-24(42)14-25(45-28(20)29)40-9-11-44-12-10-40/h5-8,14-16,21-22,35H,1-4,9-13,33H2,(H2,34,43)(H,38,39)/p+1/t21-,22+/m1/s1. The molecule has 14 heteroatoms. The number of ether oxygens (including phenoxy) is 1. The minimum Gasteiger partial charge on any atom is -0.439 e. The Bertz CT molecular complexity index is 2160. The van der Waals surface area contributed by atoms with Crippen LogP contribution in [0.4, 0.5) is 11.8 Å². The fraction of sp³-hybridized carbons (Fsp3) is 0.344. The van der Waals surface area contributed by atoms with Gasteiger partial charge in [0.15, 0.2) is 17.1 Å². The van der Waals surface area contributed by atoms with E-state index in [1.165, 1.54) is 17.7 Å². The number of nitrogens with two attached hydrogens (primary N) is 1. The van der Waals surface area contributed by atoms with Crippen molar-refractivity contribution in [1.29, 1.82) is 0 Å². The highest BCUT2D eigenvalue weighted by Gasteiger charge is 2.28. The molecule has 2 atom stereocenters. The summed E-state index contributed by atoms with van der Waals surface area (Å²) in [6, 6.07) is 8.01. The highest BCUT2D eigenvalue weighted by atomic mass is 32.1. The van der Waals surface area contributed by atoms with Gasteiger partial charge in [0.1, 0.15) is 22.6 Å². The smallest absolute Gasteiger partial charge is 0.254 e. The SMILES string of the molecule is NC(=O)c1c(Cc2ccc(-c3csc4c(=O)cc(N5CCOCC5)oc34)c3cc[nH]c23)nc(N[C@H]2CCCC[C@H]2[NH3+])n2ncnc12. The van der Waals surface area contributed by atoms with Crippen LogP contribution in [0.5, 0.6) is 0 Å². The van der Waals surface area contributed by atoms with E-state index < -0.39 is 5.91 Å². The van der Waals surface area contributed by atoms with E-state index in [2.05, 4.69) is 26.1 Å². The van der Waals surface area contributed by atoms with E-state index in [9.17, 15) is 9.59 Å². The normalized spacial score (nSPS) is 18.9. The summed E-state index contributed by atoms with van der Waals surface area (Å²) in [5.74, 6) is 0.456. The van der Waals surface area contributed by atoms with E-state index in [-0.39, 0.29) is 23.1 Å². The lowest BCUT2D eigenvalue weighted by molar-refractivity contribution is -0.427. The molecule has 1 aliphatic heterocycles. The first-order chi connectivity index (χ1) is 22.5. The predicted octanol–water partition coefficient (Wildman–Crippen LogP) is 2.93. The van der Waals surface area contributed by atoms with Gasteiger partial charge < -0.3 is 35.8 Å². The molecule has 1 saturated carbocycles. The van der Waals surface area contributed by atoms with Crippen molar-refractivity contribution >= 4 is 55.9 Å². The lowest BCUT2D eigenvalue weighted by Gasteiger charge is -2.27. The van der Waals surface area contributed by atoms with E-state index in [1.54, 1.807) is 10.6 Å². The molecule has 0 unspecified atom stereocenters. The summed E-state index contributed by atoms with van der Waals surface area (Å²) in [4.78, 5) is 40.7. The summed E-state index contributed by atoms with van der Waals surface area (Å²) in [5, 5.41) is 10.8. The summed E-state index contributed by atoms with van der Waals surface area (Å²) in [7, 11) is 0. The average Bonchev–Trinajstić information content (AvgIpc) is 3.83. The fourth-order valence-electron chi connectivity index (χ4n) is 6.80. The molecule has 2 aliphatic rings. The van der Waals surface area contributed by atoms with Crippen LogP contribution in [0.2, 0.25) is 0 Å². The van der Waals surface area contributed by atoms with Gasteiger partial charge in [0.25, 0.3) is 5.91 Å². The van der Waals surface area contributed by atoms with Crippen LogP contribution in [0.1, 0.15) is 47.3 Å². The van der Waals surface area contributed by atoms with Crippen molar-refractivity contribution in [2.45, 2.75) is 44.2 Å². The molecule has 6 heterocycles. The molecule has 7 N–H and O–H groups in total. The fourth-order valence-corrected chi connectivity index (χ4v) is 7.70. The van der Waals surface area contributed by atoms with E-state index >= 15 is 0 Å². The van der Waals surface area contributed by atoms with Crippen LogP contribution in [-0.2, 0) is 11.2 Å². The maximum Gasteiger partial charge on any atom is 0.254 e. The first-order valence-electron chi connectivity index (χ1n) is 15.6. The molecule has 236 valence electrons. The molecule has 6 aromatic rings. The number of quaternary nitrogens is 1. The lowest BCUT2D eigenvalue weighted by atomic mass is 9.91. The van der Waals surface area contributed by atoms with Crippen LogP contribution in [-0.4, -0.2) is 68.9 Å². The first-order valence-corrected chi connectivity index (χ1v) is 16.4. The Morgan fingerprint density at radius 2 is 2.02 bits per heavy atom. The number of rotatable bonds is 7. The zero-order chi connectivity index (χ0) is 31.4. The number of carbonyl (C=O) groups is 1. The minimum atomic E-state index is -0.616. The monoisotopic (exact) mass is 640 g/mol. The maximum atomic E-state index is 13.1. The molecule has 8 rings (SSSR count). The molecule has 2 fully saturated rings. The molecule has 1 aromatic carbocycles. The Labute approximate surface area is 266 Å². The summed E-state index contributed by atoms with van der Waals surface area (Å²) >= 11 is 1.38. The van der Waals surface area contributed by atoms with Gasteiger partial charge in [0.2, 0.25) is 11.4 Å². The van der Waals surface area contributed by atoms with Gasteiger partial charge in [-0.25, -0.2) is 9.97 Å². The number of primary amides is 1. The molecule has 1 amide bonds. The van der Waals surface area contributed by atoms with Crippen LogP contribution < -0.4 is 27.1 Å². The number of anilines is 2. The van der Waals surface area contributed by atoms with E-state index in [1.807, 2.05) is 34.7 Å². The molecule has 1 aliphatic carbocycles. The van der Waals surface area contributed by atoms with Crippen molar-refractivity contribution in [3.8, 4) is 11.1 Å². The maximum absolute atomic E-state index is 13.1. The van der Waals surface area contributed by atoms with Gasteiger partial charge in [-0.15, -0.1) is 11.3 Å². The van der Waals surface area contributed by atoms with Gasteiger partial charge in [0, 0.05) is 60.0 Å². The van der Waals surface area contributed by atoms with Gasteiger partial charge in [0.05, 0.1) is 24.9 Å². The number of carbonyl (C=O) groups excluding carboxylic acids is 1. The predicted molar refractivity (Wildman–Crippen MR) is 175 cm³/mol. The van der Waals surface area contributed by atoms with Gasteiger partial charge in [-0.05, 0) is 30.0 Å². The molecule has 46 heavy (non-hydrogen) atoms. The number of fused-ring (bicyclic) bond motifs is 3. The number of aromatic nitrogens is 5. The number of nitrogens with one attached hydrogen (secondary N) is 2. The Morgan fingerprint density at radius 3 is 2.85 bits per heavy atom. The van der Waals surface area contributed by atoms with Crippen molar-refractivity contribution in [2.75, 3.05) is 36.5 Å². The number of thiophene rings is 1. The molecular weight excluding hydrogens is 606 g/mol. The third-order valence-electron chi connectivity index (χ3n) is 9.18. The van der Waals surface area contributed by atoms with Crippen molar-refractivity contribution in [3.05, 3.63) is 69.2 Å². The van der Waals surface area contributed by atoms with Crippen LogP contribution in [0, 0.1) is 0 Å². The second-order valence-electron chi connectivity index (χ2n) is 12.0. The van der Waals surface area contributed by atoms with Gasteiger partial charge in [-0.2, -0.15) is 9.61 Å². The van der Waals surface area contributed by atoms with E-state index in [0.717, 1.165) is 53.3 Å². The highest BCUT2D eigenvalue weighted by molar-refractivity contribution is 7.17. The quantitative estimate of drug-likeness (QED) is 0.204. The van der Waals surface area contributed by atoms with E-state index in [0.29, 0.717) is 66.2 Å². The van der Waals surface area contributed by atoms with Crippen molar-refractivity contribution in [2.24, 2.45) is 5.73 Å². The van der Waals surface area contributed by atoms with Crippen molar-refractivity contribution in [3.63, 3.8) is 0 Å². The number of hydrogen-bond acceptors (Lipinski definition) is 10. The number of hydrogen-bond donors (Lipinski definition) is 4. The Kier molecular flexibility index (Phi) is 7.19. The number of aromatic amines is 1. The Balaban J connectivity index is 1.20. The first kappa shape index (κ1) is 28.7. The Hall–Kier alpha value is -4.79. The van der Waals surface area contributed by atoms with Gasteiger partial charge in [-0.3, -0.25) is 9.59 Å². The molecular formula is C32H34N9O4S+. The molecule has 0 spiro atoms. The zero-order valence-corrected chi connectivity index (χ0v) is 25.9. The second kappa shape index (κ2) is 11.5. The number of morpholine rings is 1. The summed E-state index contributed by atoms with van der Waals surface area (Å²) in [6.07, 6.45) is 7.92. The highest BCUT2D eigenvalue weighted by Crippen LogP contribution is 2.39. The number of amides is 1. The number of nitrogens with zero attached hydrogens (tertiary/aromatic N) is 5. The van der Waals surface area contributed by atoms with Gasteiger partial charge in [-0.1, -0.05) is 18.6 Å². The summed E-state index contributed by atoms with van der Waals surface area (Å²) in [5.41, 5.74) is 15.5. The molecule has 13 nitrogen and oxygen atoms in total. The molecule has 0 bridgehead atoms. The second-order valence-corrected chi connectivity index (χ2v) is 12.9.